The lowest BCUT2D eigenvalue weighted by molar-refractivity contribution is 0.220. The van der Waals surface area contributed by atoms with Crippen LogP contribution in [0.15, 0.2) is 51.4 Å². The number of hydrogen-bond acceptors (Lipinski definition) is 1. The summed E-state index contributed by atoms with van der Waals surface area (Å²) in [6.07, 6.45) is -0.678. The molecule has 0 spiro atoms. The summed E-state index contributed by atoms with van der Waals surface area (Å²) in [6, 6.07) is 12.9. The Morgan fingerprint density at radius 3 is 2.18 bits per heavy atom. The Bertz CT molecular complexity index is 522. The van der Waals surface area contributed by atoms with E-state index in [1.54, 1.807) is 12.1 Å². The summed E-state index contributed by atoms with van der Waals surface area (Å²) in [5, 5.41) is 10.9. The van der Waals surface area contributed by atoms with Gasteiger partial charge in [-0.15, -0.1) is 0 Å². The molecule has 1 atom stereocenters. The second-order valence-corrected chi connectivity index (χ2v) is 5.93. The molecule has 88 valence electrons. The lowest BCUT2D eigenvalue weighted by Gasteiger charge is -2.12. The van der Waals surface area contributed by atoms with Gasteiger partial charge in [-0.3, -0.25) is 0 Å². The molecule has 0 aliphatic rings. The SMILES string of the molecule is OC(c1cccc(Cl)c1)c1cc(Br)cc(Br)c1. The molecule has 0 saturated carbocycles. The lowest BCUT2D eigenvalue weighted by atomic mass is 10.0. The van der Waals surface area contributed by atoms with Gasteiger partial charge in [-0.25, -0.2) is 0 Å². The Labute approximate surface area is 122 Å². The van der Waals surface area contributed by atoms with Crippen LogP contribution in [0.3, 0.4) is 0 Å². The van der Waals surface area contributed by atoms with Crippen LogP contribution in [0.5, 0.6) is 0 Å². The van der Waals surface area contributed by atoms with Gasteiger partial charge in [-0.2, -0.15) is 0 Å². The van der Waals surface area contributed by atoms with E-state index < -0.39 is 6.10 Å². The van der Waals surface area contributed by atoms with Crippen molar-refractivity contribution < 1.29 is 5.11 Å². The van der Waals surface area contributed by atoms with Gasteiger partial charge >= 0.3 is 0 Å². The largest absolute Gasteiger partial charge is 0.384 e. The van der Waals surface area contributed by atoms with E-state index in [1.165, 1.54) is 0 Å². The minimum absolute atomic E-state index is 0.621. The molecule has 0 saturated heterocycles. The van der Waals surface area contributed by atoms with E-state index in [1.807, 2.05) is 30.3 Å². The fourth-order valence-corrected chi connectivity index (χ4v) is 3.13. The number of benzene rings is 2. The van der Waals surface area contributed by atoms with Crippen LogP contribution in [-0.2, 0) is 0 Å². The fourth-order valence-electron chi connectivity index (χ4n) is 1.60. The molecule has 1 nitrogen and oxygen atoms in total. The third-order valence-electron chi connectivity index (χ3n) is 2.37. The van der Waals surface area contributed by atoms with Crippen molar-refractivity contribution in [3.63, 3.8) is 0 Å². The molecule has 0 heterocycles. The maximum atomic E-state index is 10.3. The maximum Gasteiger partial charge on any atom is 0.104 e. The summed E-state index contributed by atoms with van der Waals surface area (Å²) >= 11 is 12.7. The second-order valence-electron chi connectivity index (χ2n) is 3.66. The zero-order valence-electron chi connectivity index (χ0n) is 8.70. The fraction of sp³-hybridized carbons (Fsp3) is 0.0769. The van der Waals surface area contributed by atoms with Gasteiger partial charge in [0.1, 0.15) is 6.10 Å². The highest BCUT2D eigenvalue weighted by molar-refractivity contribution is 9.11. The van der Waals surface area contributed by atoms with Crippen molar-refractivity contribution in [2.75, 3.05) is 0 Å². The van der Waals surface area contributed by atoms with E-state index in [9.17, 15) is 5.11 Å². The summed E-state index contributed by atoms with van der Waals surface area (Å²) in [4.78, 5) is 0. The van der Waals surface area contributed by atoms with Crippen LogP contribution in [0.4, 0.5) is 0 Å². The number of aliphatic hydroxyl groups is 1. The van der Waals surface area contributed by atoms with Crippen LogP contribution >= 0.6 is 43.5 Å². The highest BCUT2D eigenvalue weighted by Crippen LogP contribution is 2.29. The predicted octanol–water partition coefficient (Wildman–Crippen LogP) is 4.95. The summed E-state index contributed by atoms with van der Waals surface area (Å²) in [5.74, 6) is 0. The van der Waals surface area contributed by atoms with E-state index in [0.29, 0.717) is 5.02 Å². The molecule has 0 fully saturated rings. The van der Waals surface area contributed by atoms with E-state index >= 15 is 0 Å². The Balaban J connectivity index is 2.39. The number of rotatable bonds is 2. The topological polar surface area (TPSA) is 20.2 Å². The predicted molar refractivity (Wildman–Crippen MR) is 77.4 cm³/mol. The van der Waals surface area contributed by atoms with Crippen molar-refractivity contribution in [3.05, 3.63) is 67.6 Å². The molecule has 0 radical (unpaired) electrons. The molecular formula is C13H9Br2ClO. The molecule has 0 aromatic heterocycles. The first-order valence-corrected chi connectivity index (χ1v) is 6.92. The minimum Gasteiger partial charge on any atom is -0.384 e. The van der Waals surface area contributed by atoms with Gasteiger partial charge in [-0.05, 0) is 41.5 Å². The third-order valence-corrected chi connectivity index (χ3v) is 3.52. The van der Waals surface area contributed by atoms with Crippen molar-refractivity contribution in [2.45, 2.75) is 6.10 Å². The highest BCUT2D eigenvalue weighted by Gasteiger charge is 2.11. The van der Waals surface area contributed by atoms with Crippen LogP contribution < -0.4 is 0 Å². The second kappa shape index (κ2) is 5.53. The van der Waals surface area contributed by atoms with Gasteiger partial charge < -0.3 is 5.11 Å². The van der Waals surface area contributed by atoms with Gasteiger partial charge in [-0.1, -0.05) is 55.6 Å². The van der Waals surface area contributed by atoms with Gasteiger partial charge in [0, 0.05) is 14.0 Å². The molecular weight excluding hydrogens is 367 g/mol. The zero-order valence-corrected chi connectivity index (χ0v) is 12.6. The van der Waals surface area contributed by atoms with Crippen LogP contribution in [0.25, 0.3) is 0 Å². The van der Waals surface area contributed by atoms with Crippen LogP contribution in [0.2, 0.25) is 5.02 Å². The standard InChI is InChI=1S/C13H9Br2ClO/c14-10-4-9(5-11(15)7-10)13(17)8-2-1-3-12(16)6-8/h1-7,13,17H. The summed E-state index contributed by atoms with van der Waals surface area (Å²) in [6.45, 7) is 0. The molecule has 0 aliphatic carbocycles. The Kier molecular flexibility index (Phi) is 4.26. The van der Waals surface area contributed by atoms with Crippen LogP contribution in [-0.4, -0.2) is 5.11 Å². The molecule has 1 N–H and O–H groups in total. The van der Waals surface area contributed by atoms with Crippen molar-refractivity contribution in [3.8, 4) is 0 Å². The monoisotopic (exact) mass is 374 g/mol. The molecule has 1 unspecified atom stereocenters. The minimum atomic E-state index is -0.678. The normalized spacial score (nSPS) is 12.5. The first-order chi connectivity index (χ1) is 8.06. The molecule has 2 aromatic carbocycles. The molecule has 0 aliphatic heterocycles. The van der Waals surface area contributed by atoms with Gasteiger partial charge in [0.25, 0.3) is 0 Å². The maximum absolute atomic E-state index is 10.3. The van der Waals surface area contributed by atoms with Gasteiger partial charge in [0.15, 0.2) is 0 Å². The van der Waals surface area contributed by atoms with E-state index in [0.717, 1.165) is 20.1 Å². The lowest BCUT2D eigenvalue weighted by Crippen LogP contribution is -1.99. The molecule has 4 heteroatoms. The Morgan fingerprint density at radius 1 is 0.941 bits per heavy atom. The van der Waals surface area contributed by atoms with Crippen molar-refractivity contribution in [2.24, 2.45) is 0 Å². The van der Waals surface area contributed by atoms with Gasteiger partial charge in [0.05, 0.1) is 0 Å². The van der Waals surface area contributed by atoms with E-state index in [-0.39, 0.29) is 0 Å². The molecule has 0 bridgehead atoms. The zero-order chi connectivity index (χ0) is 12.4. The average molecular weight is 376 g/mol. The van der Waals surface area contributed by atoms with Crippen LogP contribution in [0.1, 0.15) is 17.2 Å². The van der Waals surface area contributed by atoms with Crippen molar-refractivity contribution in [1.82, 2.24) is 0 Å². The molecule has 2 aromatic rings. The highest BCUT2D eigenvalue weighted by atomic mass is 79.9. The van der Waals surface area contributed by atoms with E-state index in [4.69, 9.17) is 11.6 Å². The number of hydrogen-bond donors (Lipinski definition) is 1. The number of aliphatic hydroxyl groups excluding tert-OH is 1. The van der Waals surface area contributed by atoms with Crippen molar-refractivity contribution in [1.29, 1.82) is 0 Å². The van der Waals surface area contributed by atoms with Crippen LogP contribution in [0, 0.1) is 0 Å². The number of halogens is 3. The third kappa shape index (κ3) is 3.32. The quantitative estimate of drug-likeness (QED) is 0.787. The van der Waals surface area contributed by atoms with Crippen molar-refractivity contribution >= 4 is 43.5 Å². The molecule has 17 heavy (non-hydrogen) atoms. The summed E-state index contributed by atoms with van der Waals surface area (Å²) in [7, 11) is 0. The van der Waals surface area contributed by atoms with Gasteiger partial charge in [0.2, 0.25) is 0 Å². The average Bonchev–Trinajstić information content (AvgIpc) is 2.26. The summed E-state index contributed by atoms with van der Waals surface area (Å²) in [5.41, 5.74) is 1.59. The van der Waals surface area contributed by atoms with E-state index in [2.05, 4.69) is 31.9 Å². The smallest absolute Gasteiger partial charge is 0.104 e. The summed E-state index contributed by atoms with van der Waals surface area (Å²) < 4.78 is 1.84. The first-order valence-electron chi connectivity index (χ1n) is 4.96. The molecule has 0 amide bonds. The Morgan fingerprint density at radius 2 is 1.59 bits per heavy atom. The first kappa shape index (κ1) is 13.1. The Hall–Kier alpha value is -0.350. The molecule has 2 rings (SSSR count).